The average molecular weight is 1350 g/mol. The van der Waals surface area contributed by atoms with Gasteiger partial charge in [-0.05, 0) is 49.4 Å². The van der Waals surface area contributed by atoms with Crippen LogP contribution in [0.5, 0.6) is 0 Å². The van der Waals surface area contributed by atoms with Crippen molar-refractivity contribution in [3.63, 3.8) is 0 Å². The molecule has 0 amide bonds. The normalized spacial score (nSPS) is 14.8. The van der Waals surface area contributed by atoms with E-state index in [2.05, 4.69) is 55.4 Å². The number of aliphatic hydroxyl groups excluding tert-OH is 1. The highest BCUT2D eigenvalue weighted by atomic mass is 31.2. The topological polar surface area (TPSA) is 237 Å². The van der Waals surface area contributed by atoms with Crippen LogP contribution in [0.2, 0.25) is 0 Å². The van der Waals surface area contributed by atoms with Gasteiger partial charge in [-0.2, -0.15) is 0 Å². The minimum absolute atomic E-state index is 0.101. The highest BCUT2D eigenvalue weighted by Gasteiger charge is 2.30. The fourth-order valence-corrected chi connectivity index (χ4v) is 12.5. The van der Waals surface area contributed by atoms with Crippen LogP contribution in [-0.2, 0) is 65.4 Å². The third-order valence-corrected chi connectivity index (χ3v) is 19.4. The molecule has 0 fully saturated rings. The number of esters is 4. The van der Waals surface area contributed by atoms with Gasteiger partial charge >= 0.3 is 39.5 Å². The van der Waals surface area contributed by atoms with Gasteiger partial charge in [0.2, 0.25) is 0 Å². The molecule has 17 nitrogen and oxygen atoms in total. The smallest absolute Gasteiger partial charge is 0.462 e. The van der Waals surface area contributed by atoms with Crippen molar-refractivity contribution in [1.82, 2.24) is 0 Å². The Hall–Kier alpha value is -1.94. The largest absolute Gasteiger partial charge is 0.472 e. The quantitative estimate of drug-likeness (QED) is 0.0222. The lowest BCUT2D eigenvalue weighted by atomic mass is 9.99. The van der Waals surface area contributed by atoms with E-state index in [1.54, 1.807) is 0 Å². The van der Waals surface area contributed by atoms with Crippen LogP contribution in [0.25, 0.3) is 0 Å². The standard InChI is InChI=1S/C73H142O17P2/c1-9-65(7)51-43-35-26-21-19-17-15-13-11-12-14-16-18-20-22-28-39-47-55-72(77)89-68(59-83-70(75)53-45-37-27-24-23-25-33-41-49-63(3)4)61-87-91(79,80)85-57-67(74)58-86-92(81,82)88-62-69(90-73(78)56-48-40-31-29-34-42-50-64(5)6)60-84-71(76)54-46-38-32-30-36-44-52-66(8)10-2/h63-69,74H,9-62H2,1-8H3,(H,79,80)(H,81,82)/t65?,66?,67-,68-,69-/m1/s1. The van der Waals surface area contributed by atoms with Crippen molar-refractivity contribution in [2.75, 3.05) is 39.6 Å². The van der Waals surface area contributed by atoms with E-state index in [9.17, 15) is 43.2 Å². The van der Waals surface area contributed by atoms with E-state index < -0.39 is 97.5 Å². The second-order valence-electron chi connectivity index (χ2n) is 27.8. The number of hydrogen-bond acceptors (Lipinski definition) is 15. The molecule has 0 bridgehead atoms. The van der Waals surface area contributed by atoms with Gasteiger partial charge in [-0.25, -0.2) is 9.13 Å². The second-order valence-corrected chi connectivity index (χ2v) is 30.7. The lowest BCUT2D eigenvalue weighted by Crippen LogP contribution is -2.30. The Balaban J connectivity index is 5.15. The van der Waals surface area contributed by atoms with E-state index in [-0.39, 0.29) is 25.7 Å². The van der Waals surface area contributed by atoms with Gasteiger partial charge in [0, 0.05) is 25.7 Å². The van der Waals surface area contributed by atoms with Gasteiger partial charge in [-0.3, -0.25) is 37.3 Å². The number of unbranched alkanes of at least 4 members (excludes halogenated alkanes) is 34. The number of carbonyl (C=O) groups excluding carboxylic acids is 4. The first-order valence-electron chi connectivity index (χ1n) is 37.8. The van der Waals surface area contributed by atoms with Crippen molar-refractivity contribution in [1.29, 1.82) is 0 Å². The second kappa shape index (κ2) is 62.6. The molecule has 0 aliphatic heterocycles. The fraction of sp³-hybridized carbons (Fsp3) is 0.945. The van der Waals surface area contributed by atoms with Crippen molar-refractivity contribution in [3.8, 4) is 0 Å². The average Bonchev–Trinajstić information content (AvgIpc) is 1.38. The summed E-state index contributed by atoms with van der Waals surface area (Å²) < 4.78 is 68.3. The molecule has 0 rings (SSSR count). The first-order chi connectivity index (χ1) is 44.2. The van der Waals surface area contributed by atoms with Crippen LogP contribution < -0.4 is 0 Å². The number of hydrogen-bond donors (Lipinski definition) is 3. The predicted molar refractivity (Wildman–Crippen MR) is 372 cm³/mol. The number of ether oxygens (including phenoxy) is 4. The first-order valence-corrected chi connectivity index (χ1v) is 40.8. The Bertz CT molecular complexity index is 1820. The van der Waals surface area contributed by atoms with Crippen LogP contribution in [0.1, 0.15) is 364 Å². The SMILES string of the molecule is CCC(C)CCCCCCCCCCCCCCCCCCCCC(=O)O[C@H](COC(=O)CCCCCCCCCCC(C)C)COP(=O)(O)OC[C@@H](O)COP(=O)(O)OC[C@@H](COC(=O)CCCCCCCCC(C)CC)OC(=O)CCCCCCCCC(C)C. The van der Waals surface area contributed by atoms with Crippen LogP contribution in [0.4, 0.5) is 0 Å². The summed E-state index contributed by atoms with van der Waals surface area (Å²) in [7, 11) is -9.90. The maximum atomic E-state index is 13.0. The Morgan fingerprint density at radius 3 is 0.772 bits per heavy atom. The highest BCUT2D eigenvalue weighted by molar-refractivity contribution is 7.47. The van der Waals surface area contributed by atoms with Gasteiger partial charge in [0.05, 0.1) is 26.4 Å². The molecule has 19 heteroatoms. The molecule has 0 aliphatic rings. The number of phosphoric ester groups is 2. The molecule has 546 valence electrons. The first kappa shape index (κ1) is 90.1. The molecule has 92 heavy (non-hydrogen) atoms. The van der Waals surface area contributed by atoms with E-state index in [0.29, 0.717) is 31.6 Å². The molecular formula is C73H142O17P2. The number of rotatable bonds is 70. The summed E-state index contributed by atoms with van der Waals surface area (Å²) in [5.74, 6) is 0.865. The van der Waals surface area contributed by atoms with Crippen LogP contribution in [0.15, 0.2) is 0 Å². The molecule has 0 heterocycles. The lowest BCUT2D eigenvalue weighted by Gasteiger charge is -2.21. The van der Waals surface area contributed by atoms with Crippen LogP contribution in [0.3, 0.4) is 0 Å². The third-order valence-electron chi connectivity index (χ3n) is 17.5. The number of carbonyl (C=O) groups is 4. The number of aliphatic hydroxyl groups is 1. The molecule has 0 aliphatic carbocycles. The van der Waals surface area contributed by atoms with Gasteiger partial charge in [0.25, 0.3) is 0 Å². The van der Waals surface area contributed by atoms with E-state index in [1.807, 2.05) is 0 Å². The maximum absolute atomic E-state index is 13.0. The Kier molecular flexibility index (Phi) is 61.3. The molecule has 0 radical (unpaired) electrons. The Morgan fingerprint density at radius 2 is 0.522 bits per heavy atom. The van der Waals surface area contributed by atoms with Crippen molar-refractivity contribution in [3.05, 3.63) is 0 Å². The molecule has 0 spiro atoms. The molecule has 0 saturated carbocycles. The minimum Gasteiger partial charge on any atom is -0.462 e. The van der Waals surface area contributed by atoms with E-state index in [0.717, 1.165) is 114 Å². The summed E-state index contributed by atoms with van der Waals surface area (Å²) in [5, 5.41) is 10.6. The zero-order chi connectivity index (χ0) is 68.2. The monoisotopic (exact) mass is 1350 g/mol. The number of phosphoric acid groups is 2. The van der Waals surface area contributed by atoms with E-state index in [1.165, 1.54) is 161 Å². The molecule has 0 aromatic heterocycles. The van der Waals surface area contributed by atoms with E-state index in [4.69, 9.17) is 37.0 Å². The van der Waals surface area contributed by atoms with Crippen molar-refractivity contribution >= 4 is 39.5 Å². The maximum Gasteiger partial charge on any atom is 0.472 e. The molecule has 7 atom stereocenters. The zero-order valence-electron chi connectivity index (χ0n) is 60.2. The van der Waals surface area contributed by atoms with Crippen molar-refractivity contribution in [2.45, 2.75) is 382 Å². The Morgan fingerprint density at radius 1 is 0.304 bits per heavy atom. The van der Waals surface area contributed by atoms with Gasteiger partial charge in [-0.1, -0.05) is 312 Å². The van der Waals surface area contributed by atoms with Gasteiger partial charge in [0.1, 0.15) is 19.3 Å². The summed E-state index contributed by atoms with van der Waals surface area (Å²) in [4.78, 5) is 72.5. The molecule has 3 N–H and O–H groups in total. The fourth-order valence-electron chi connectivity index (χ4n) is 11.0. The summed E-state index contributed by atoms with van der Waals surface area (Å²) in [6.45, 7) is 14.1. The summed E-state index contributed by atoms with van der Waals surface area (Å²) >= 11 is 0. The van der Waals surface area contributed by atoms with Crippen molar-refractivity contribution < 1.29 is 80.2 Å². The van der Waals surface area contributed by atoms with E-state index >= 15 is 0 Å². The zero-order valence-corrected chi connectivity index (χ0v) is 62.0. The minimum atomic E-state index is -4.95. The molecule has 0 aromatic rings. The molecule has 0 aromatic carbocycles. The summed E-state index contributed by atoms with van der Waals surface area (Å²) in [5.41, 5.74) is 0. The molecule has 4 unspecified atom stereocenters. The van der Waals surface area contributed by atoms with Crippen LogP contribution >= 0.6 is 15.6 Å². The van der Waals surface area contributed by atoms with Crippen LogP contribution in [0, 0.1) is 23.7 Å². The van der Waals surface area contributed by atoms with Gasteiger partial charge in [-0.15, -0.1) is 0 Å². The lowest BCUT2D eigenvalue weighted by molar-refractivity contribution is -0.161. The van der Waals surface area contributed by atoms with Crippen LogP contribution in [-0.4, -0.2) is 96.7 Å². The van der Waals surface area contributed by atoms with Gasteiger partial charge in [0.15, 0.2) is 12.2 Å². The molecular weight excluding hydrogens is 1210 g/mol. The summed E-state index contributed by atoms with van der Waals surface area (Å²) in [6, 6.07) is 0. The predicted octanol–water partition coefficient (Wildman–Crippen LogP) is 20.9. The molecule has 0 saturated heterocycles. The van der Waals surface area contributed by atoms with Gasteiger partial charge < -0.3 is 33.8 Å². The third kappa shape index (κ3) is 64.1. The Labute approximate surface area is 562 Å². The highest BCUT2D eigenvalue weighted by Crippen LogP contribution is 2.45. The summed E-state index contributed by atoms with van der Waals surface area (Å²) in [6.07, 6.45) is 46.2. The van der Waals surface area contributed by atoms with Crippen molar-refractivity contribution in [2.24, 2.45) is 23.7 Å².